The summed E-state index contributed by atoms with van der Waals surface area (Å²) in [5, 5.41) is 4.93. The molecule has 1 saturated heterocycles. The Morgan fingerprint density at radius 1 is 1.23 bits per heavy atom. The van der Waals surface area contributed by atoms with E-state index in [1.54, 1.807) is 16.2 Å². The van der Waals surface area contributed by atoms with Crippen molar-refractivity contribution >= 4 is 28.7 Å². The van der Waals surface area contributed by atoms with Crippen LogP contribution in [0.15, 0.2) is 11.5 Å². The molecule has 0 radical (unpaired) electrons. The monoisotopic (exact) mass is 316 g/mol. The van der Waals surface area contributed by atoms with Crippen molar-refractivity contribution < 1.29 is 9.59 Å². The Labute approximate surface area is 134 Å². The molecule has 3 aliphatic rings. The number of carbonyl (C=O) groups excluding carboxylic acids is 2. The first-order chi connectivity index (χ1) is 10.8. The second-order valence-electron chi connectivity index (χ2n) is 6.31. The number of nitrogens with one attached hydrogen (secondary N) is 1. The second kappa shape index (κ2) is 5.54. The third kappa shape index (κ3) is 2.19. The molecule has 3 heterocycles. The van der Waals surface area contributed by atoms with Crippen molar-refractivity contribution in [1.29, 1.82) is 0 Å². The van der Waals surface area contributed by atoms with E-state index in [0.717, 1.165) is 49.8 Å². The summed E-state index contributed by atoms with van der Waals surface area (Å²) < 4.78 is 0. The fourth-order valence-electron chi connectivity index (χ4n) is 3.73. The lowest BCUT2D eigenvalue weighted by atomic mass is 10.1. The topological polar surface area (TPSA) is 49.4 Å². The Bertz CT molecular complexity index is 662. The standard InChI is InChI=1S/C17H20N2O2S/c20-16-14(7-3-4-8-18-16)19-9-12-13(17(19)21)10-22-15(12)11-5-1-2-6-11/h5,10,14H,1-4,6-9H2,(H,18,20). The molecule has 0 bridgehead atoms. The van der Waals surface area contributed by atoms with Crippen molar-refractivity contribution in [2.75, 3.05) is 6.54 Å². The smallest absolute Gasteiger partial charge is 0.256 e. The van der Waals surface area contributed by atoms with Gasteiger partial charge in [0, 0.05) is 28.9 Å². The van der Waals surface area contributed by atoms with Gasteiger partial charge in [-0.25, -0.2) is 0 Å². The molecule has 116 valence electrons. The number of rotatable bonds is 2. The van der Waals surface area contributed by atoms with E-state index in [1.807, 2.05) is 5.38 Å². The molecule has 4 rings (SSSR count). The first-order valence-corrected chi connectivity index (χ1v) is 9.02. The molecule has 2 amide bonds. The van der Waals surface area contributed by atoms with E-state index in [1.165, 1.54) is 16.9 Å². The fraction of sp³-hybridized carbons (Fsp3) is 0.529. The number of hydrogen-bond donors (Lipinski definition) is 1. The first kappa shape index (κ1) is 14.0. The van der Waals surface area contributed by atoms with Crippen LogP contribution in [0.25, 0.3) is 5.57 Å². The normalized spacial score (nSPS) is 25.0. The number of amides is 2. The van der Waals surface area contributed by atoms with Crippen LogP contribution >= 0.6 is 11.3 Å². The van der Waals surface area contributed by atoms with Crippen molar-refractivity contribution in [3.63, 3.8) is 0 Å². The molecule has 1 unspecified atom stereocenters. The predicted molar refractivity (Wildman–Crippen MR) is 86.7 cm³/mol. The van der Waals surface area contributed by atoms with E-state index >= 15 is 0 Å². The molecule has 1 aliphatic carbocycles. The van der Waals surface area contributed by atoms with Crippen molar-refractivity contribution in [1.82, 2.24) is 10.2 Å². The van der Waals surface area contributed by atoms with Gasteiger partial charge in [-0.15, -0.1) is 11.3 Å². The summed E-state index contributed by atoms with van der Waals surface area (Å²) in [5.41, 5.74) is 3.37. The minimum absolute atomic E-state index is 0.0151. The molecule has 1 fully saturated rings. The summed E-state index contributed by atoms with van der Waals surface area (Å²) in [6.07, 6.45) is 8.56. The van der Waals surface area contributed by atoms with Gasteiger partial charge in [0.2, 0.25) is 5.91 Å². The summed E-state index contributed by atoms with van der Waals surface area (Å²) in [6.45, 7) is 1.33. The number of thiophene rings is 1. The zero-order chi connectivity index (χ0) is 15.1. The summed E-state index contributed by atoms with van der Waals surface area (Å²) in [4.78, 5) is 28.0. The van der Waals surface area contributed by atoms with Gasteiger partial charge in [0.15, 0.2) is 0 Å². The summed E-state index contributed by atoms with van der Waals surface area (Å²) >= 11 is 1.69. The summed E-state index contributed by atoms with van der Waals surface area (Å²) in [5.74, 6) is 0.0551. The Kier molecular flexibility index (Phi) is 3.53. The van der Waals surface area contributed by atoms with E-state index in [2.05, 4.69) is 11.4 Å². The van der Waals surface area contributed by atoms with Crippen LogP contribution in [0.4, 0.5) is 0 Å². The number of carbonyl (C=O) groups is 2. The molecule has 0 spiro atoms. The minimum Gasteiger partial charge on any atom is -0.354 e. The highest BCUT2D eigenvalue weighted by Gasteiger charge is 2.39. The summed E-state index contributed by atoms with van der Waals surface area (Å²) in [7, 11) is 0. The van der Waals surface area contributed by atoms with Gasteiger partial charge >= 0.3 is 0 Å². The minimum atomic E-state index is -0.294. The second-order valence-corrected chi connectivity index (χ2v) is 7.19. The van der Waals surface area contributed by atoms with Crippen LogP contribution in [0.2, 0.25) is 0 Å². The summed E-state index contributed by atoms with van der Waals surface area (Å²) in [6, 6.07) is -0.294. The number of hydrogen-bond acceptors (Lipinski definition) is 3. The van der Waals surface area contributed by atoms with Gasteiger partial charge in [0.1, 0.15) is 6.04 Å². The molecule has 1 N–H and O–H groups in total. The van der Waals surface area contributed by atoms with Crippen molar-refractivity contribution in [2.24, 2.45) is 0 Å². The number of fused-ring (bicyclic) bond motifs is 1. The van der Waals surface area contributed by atoms with E-state index in [4.69, 9.17) is 0 Å². The van der Waals surface area contributed by atoms with E-state index in [-0.39, 0.29) is 17.9 Å². The Hall–Kier alpha value is -1.62. The molecule has 1 atom stereocenters. The molecule has 4 nitrogen and oxygen atoms in total. The zero-order valence-corrected chi connectivity index (χ0v) is 13.4. The molecule has 0 aromatic carbocycles. The third-order valence-corrected chi connectivity index (χ3v) is 6.03. The highest BCUT2D eigenvalue weighted by Crippen LogP contribution is 2.40. The van der Waals surface area contributed by atoms with Crippen LogP contribution in [0.5, 0.6) is 0 Å². The molecule has 5 heteroatoms. The molecular formula is C17H20N2O2S. The number of allylic oxidation sites excluding steroid dienone is 2. The highest BCUT2D eigenvalue weighted by atomic mass is 32.1. The van der Waals surface area contributed by atoms with Gasteiger partial charge in [0.05, 0.1) is 5.56 Å². The SMILES string of the molecule is O=C1NCCCCC1N1Cc2c(csc2C2=CCCC2)C1=O. The molecule has 0 saturated carbocycles. The molecule has 1 aromatic rings. The average Bonchev–Trinajstić information content (AvgIpc) is 3.18. The Morgan fingerprint density at radius 3 is 2.95 bits per heavy atom. The van der Waals surface area contributed by atoms with Crippen LogP contribution in [-0.4, -0.2) is 29.3 Å². The highest BCUT2D eigenvalue weighted by molar-refractivity contribution is 7.11. The van der Waals surface area contributed by atoms with Crippen LogP contribution in [0.1, 0.15) is 59.3 Å². The lowest BCUT2D eigenvalue weighted by molar-refractivity contribution is -0.125. The maximum atomic E-state index is 12.7. The Morgan fingerprint density at radius 2 is 2.14 bits per heavy atom. The van der Waals surface area contributed by atoms with Crippen molar-refractivity contribution in [3.8, 4) is 0 Å². The largest absolute Gasteiger partial charge is 0.354 e. The molecular weight excluding hydrogens is 296 g/mol. The van der Waals surface area contributed by atoms with Gasteiger partial charge in [-0.2, -0.15) is 0 Å². The van der Waals surface area contributed by atoms with Gasteiger partial charge in [-0.3, -0.25) is 9.59 Å². The van der Waals surface area contributed by atoms with E-state index < -0.39 is 0 Å². The molecule has 1 aromatic heterocycles. The van der Waals surface area contributed by atoms with Gasteiger partial charge < -0.3 is 10.2 Å². The zero-order valence-electron chi connectivity index (χ0n) is 12.6. The molecule has 2 aliphatic heterocycles. The van der Waals surface area contributed by atoms with Crippen LogP contribution in [-0.2, 0) is 11.3 Å². The van der Waals surface area contributed by atoms with Crippen LogP contribution in [0, 0.1) is 0 Å². The van der Waals surface area contributed by atoms with E-state index in [9.17, 15) is 9.59 Å². The maximum Gasteiger partial charge on any atom is 0.256 e. The molecule has 22 heavy (non-hydrogen) atoms. The first-order valence-electron chi connectivity index (χ1n) is 8.14. The van der Waals surface area contributed by atoms with Crippen LogP contribution in [0.3, 0.4) is 0 Å². The van der Waals surface area contributed by atoms with Gasteiger partial charge in [-0.05, 0) is 44.1 Å². The predicted octanol–water partition coefficient (Wildman–Crippen LogP) is 2.94. The quantitative estimate of drug-likeness (QED) is 0.912. The average molecular weight is 316 g/mol. The Balaban J connectivity index is 1.62. The van der Waals surface area contributed by atoms with E-state index in [0.29, 0.717) is 6.54 Å². The number of nitrogens with zero attached hydrogens (tertiary/aromatic N) is 1. The van der Waals surface area contributed by atoms with Crippen molar-refractivity contribution in [3.05, 3.63) is 27.5 Å². The maximum absolute atomic E-state index is 12.7. The van der Waals surface area contributed by atoms with Crippen molar-refractivity contribution in [2.45, 2.75) is 51.1 Å². The lowest BCUT2D eigenvalue weighted by Crippen LogP contribution is -2.45. The van der Waals surface area contributed by atoms with Gasteiger partial charge in [-0.1, -0.05) is 6.08 Å². The fourth-order valence-corrected chi connectivity index (χ4v) is 4.87. The van der Waals surface area contributed by atoms with Gasteiger partial charge in [0.25, 0.3) is 5.91 Å². The van der Waals surface area contributed by atoms with Crippen LogP contribution < -0.4 is 5.32 Å². The lowest BCUT2D eigenvalue weighted by Gasteiger charge is -2.25. The third-order valence-electron chi connectivity index (χ3n) is 4.93.